The van der Waals surface area contributed by atoms with Gasteiger partial charge in [0.1, 0.15) is 13.2 Å². The maximum Gasteiger partial charge on any atom is 0.306 e. The van der Waals surface area contributed by atoms with E-state index in [0.717, 1.165) is 103 Å². The normalized spacial score (nSPS) is 12.8. The molecule has 0 aromatic heterocycles. The summed E-state index contributed by atoms with van der Waals surface area (Å²) >= 11 is 0. The zero-order chi connectivity index (χ0) is 44.4. The molecular formula is C55H92O6. The highest BCUT2D eigenvalue weighted by Gasteiger charge is 2.19. The summed E-state index contributed by atoms with van der Waals surface area (Å²) in [4.78, 5) is 37.9. The fourth-order valence-electron chi connectivity index (χ4n) is 6.69. The fraction of sp³-hybridized carbons (Fsp3) is 0.691. The van der Waals surface area contributed by atoms with Crippen molar-refractivity contribution in [2.75, 3.05) is 13.2 Å². The molecule has 0 aliphatic heterocycles. The molecule has 6 nitrogen and oxygen atoms in total. The average Bonchev–Trinajstić information content (AvgIpc) is 3.26. The Morgan fingerprint density at radius 3 is 1.07 bits per heavy atom. The standard InChI is InChI=1S/C55H92O6/c1-4-7-10-13-16-19-22-24-25-26-27-28-29-31-33-36-39-42-45-48-54(57)60-51-52(50-59-53(56)47-44-41-38-35-32-21-18-15-12-9-6-3)61-55(58)49-46-43-40-37-34-30-23-20-17-14-11-8-5-2/h7,9-10,12,16,18-19,21,24-25,27-28,35,38,52H,4-6,8,11,13-15,17,20,22-23,26,29-34,36-37,39-51H2,1-3H3/b10-7-,12-9-,19-16-,21-18-,25-24-,28-27-,38-35-. The minimum atomic E-state index is -0.800. The summed E-state index contributed by atoms with van der Waals surface area (Å²) in [5, 5.41) is 0. The summed E-state index contributed by atoms with van der Waals surface area (Å²) in [5.41, 5.74) is 0. The van der Waals surface area contributed by atoms with Gasteiger partial charge in [0.05, 0.1) is 0 Å². The third-order valence-electron chi connectivity index (χ3n) is 10.4. The predicted molar refractivity (Wildman–Crippen MR) is 261 cm³/mol. The van der Waals surface area contributed by atoms with Gasteiger partial charge in [-0.05, 0) is 83.5 Å². The number of hydrogen-bond donors (Lipinski definition) is 0. The summed E-state index contributed by atoms with van der Waals surface area (Å²) in [7, 11) is 0. The number of carbonyl (C=O) groups excluding carboxylic acids is 3. The van der Waals surface area contributed by atoms with Crippen molar-refractivity contribution >= 4 is 17.9 Å². The van der Waals surface area contributed by atoms with Crippen LogP contribution in [-0.2, 0) is 28.6 Å². The zero-order valence-corrected chi connectivity index (χ0v) is 39.7. The Kier molecular flexibility index (Phi) is 46.5. The van der Waals surface area contributed by atoms with Gasteiger partial charge in [-0.1, -0.05) is 209 Å². The van der Waals surface area contributed by atoms with Crippen LogP contribution in [0.5, 0.6) is 0 Å². The second-order valence-corrected chi connectivity index (χ2v) is 16.3. The van der Waals surface area contributed by atoms with Gasteiger partial charge in [-0.2, -0.15) is 0 Å². The molecule has 61 heavy (non-hydrogen) atoms. The van der Waals surface area contributed by atoms with Gasteiger partial charge >= 0.3 is 17.9 Å². The van der Waals surface area contributed by atoms with E-state index in [9.17, 15) is 14.4 Å². The lowest BCUT2D eigenvalue weighted by molar-refractivity contribution is -0.167. The number of rotatable bonds is 44. The molecule has 0 rings (SSSR count). The molecule has 1 unspecified atom stereocenters. The Hall–Kier alpha value is -3.41. The maximum absolute atomic E-state index is 12.8. The lowest BCUT2D eigenvalue weighted by Crippen LogP contribution is -2.30. The molecule has 1 atom stereocenters. The van der Waals surface area contributed by atoms with E-state index in [2.05, 4.69) is 106 Å². The molecular weight excluding hydrogens is 757 g/mol. The highest BCUT2D eigenvalue weighted by atomic mass is 16.6. The van der Waals surface area contributed by atoms with E-state index in [1.165, 1.54) is 77.0 Å². The second kappa shape index (κ2) is 49.2. The van der Waals surface area contributed by atoms with Crippen molar-refractivity contribution in [3.63, 3.8) is 0 Å². The van der Waals surface area contributed by atoms with Crippen LogP contribution < -0.4 is 0 Å². The number of hydrogen-bond acceptors (Lipinski definition) is 6. The Balaban J connectivity index is 4.41. The first kappa shape index (κ1) is 57.6. The summed E-state index contributed by atoms with van der Waals surface area (Å²) in [5.74, 6) is -0.969. The van der Waals surface area contributed by atoms with Crippen molar-refractivity contribution in [2.45, 2.75) is 232 Å². The number of ether oxygens (including phenoxy) is 3. The molecule has 6 heteroatoms. The van der Waals surface area contributed by atoms with E-state index in [1.54, 1.807) is 0 Å². The van der Waals surface area contributed by atoms with Gasteiger partial charge in [0.15, 0.2) is 6.10 Å². The third-order valence-corrected chi connectivity index (χ3v) is 10.4. The van der Waals surface area contributed by atoms with E-state index < -0.39 is 6.10 Å². The van der Waals surface area contributed by atoms with Gasteiger partial charge in [0.25, 0.3) is 0 Å². The number of esters is 3. The second-order valence-electron chi connectivity index (χ2n) is 16.3. The van der Waals surface area contributed by atoms with Gasteiger partial charge in [0, 0.05) is 19.3 Å². The molecule has 0 saturated heterocycles. The molecule has 0 aromatic carbocycles. The Morgan fingerprint density at radius 1 is 0.344 bits per heavy atom. The van der Waals surface area contributed by atoms with Crippen LogP contribution in [0.25, 0.3) is 0 Å². The Morgan fingerprint density at radius 2 is 0.656 bits per heavy atom. The smallest absolute Gasteiger partial charge is 0.306 e. The van der Waals surface area contributed by atoms with Crippen molar-refractivity contribution in [3.05, 3.63) is 85.1 Å². The summed E-state index contributed by atoms with van der Waals surface area (Å²) in [6.45, 7) is 6.34. The number of carbonyl (C=O) groups is 3. The highest BCUT2D eigenvalue weighted by Crippen LogP contribution is 2.14. The minimum absolute atomic E-state index is 0.0990. The fourth-order valence-corrected chi connectivity index (χ4v) is 6.69. The Bertz CT molecular complexity index is 1200. The third kappa shape index (κ3) is 47.5. The molecule has 0 N–H and O–H groups in total. The number of unbranched alkanes of at least 4 members (excludes halogenated alkanes) is 19. The van der Waals surface area contributed by atoms with E-state index in [-0.39, 0.29) is 37.5 Å². The van der Waals surface area contributed by atoms with Gasteiger partial charge in [-0.3, -0.25) is 14.4 Å². The van der Waals surface area contributed by atoms with E-state index in [1.807, 2.05) is 0 Å². The monoisotopic (exact) mass is 849 g/mol. The van der Waals surface area contributed by atoms with Crippen LogP contribution in [0.2, 0.25) is 0 Å². The van der Waals surface area contributed by atoms with Crippen LogP contribution >= 0.6 is 0 Å². The summed E-state index contributed by atoms with van der Waals surface area (Å²) in [6.07, 6.45) is 62.9. The van der Waals surface area contributed by atoms with Gasteiger partial charge < -0.3 is 14.2 Å². The SMILES string of the molecule is CC/C=C\C/C=C\C/C=C\C/C=C\CCCCCCCCC(=O)OCC(COC(=O)CCC/C=C\C/C=C\C/C=C\CC)OC(=O)CCCCCCCCCCCCCCC. The van der Waals surface area contributed by atoms with E-state index >= 15 is 0 Å². The van der Waals surface area contributed by atoms with Gasteiger partial charge in [-0.15, -0.1) is 0 Å². The molecule has 348 valence electrons. The minimum Gasteiger partial charge on any atom is -0.462 e. The summed E-state index contributed by atoms with van der Waals surface area (Å²) in [6, 6.07) is 0. The first-order valence-electron chi connectivity index (χ1n) is 25.1. The Labute approximate surface area is 375 Å². The van der Waals surface area contributed by atoms with Crippen molar-refractivity contribution in [3.8, 4) is 0 Å². The average molecular weight is 849 g/mol. The molecule has 0 aromatic rings. The lowest BCUT2D eigenvalue weighted by Gasteiger charge is -2.18. The molecule has 0 fully saturated rings. The van der Waals surface area contributed by atoms with E-state index in [4.69, 9.17) is 14.2 Å². The van der Waals surface area contributed by atoms with Crippen LogP contribution in [0.15, 0.2) is 85.1 Å². The van der Waals surface area contributed by atoms with Crippen molar-refractivity contribution in [1.82, 2.24) is 0 Å². The molecule has 0 saturated carbocycles. The molecule has 0 amide bonds. The molecule has 0 bridgehead atoms. The lowest BCUT2D eigenvalue weighted by atomic mass is 10.0. The van der Waals surface area contributed by atoms with E-state index in [0.29, 0.717) is 19.3 Å². The van der Waals surface area contributed by atoms with Gasteiger partial charge in [0.2, 0.25) is 0 Å². The molecule has 0 spiro atoms. The largest absolute Gasteiger partial charge is 0.462 e. The molecule has 0 aliphatic carbocycles. The van der Waals surface area contributed by atoms with Crippen LogP contribution in [0.1, 0.15) is 226 Å². The van der Waals surface area contributed by atoms with Crippen LogP contribution in [-0.4, -0.2) is 37.2 Å². The van der Waals surface area contributed by atoms with Crippen LogP contribution in [0, 0.1) is 0 Å². The predicted octanol–water partition coefficient (Wildman–Crippen LogP) is 16.4. The zero-order valence-electron chi connectivity index (χ0n) is 39.7. The quantitative estimate of drug-likeness (QED) is 0.0263. The number of allylic oxidation sites excluding steroid dienone is 14. The first-order valence-corrected chi connectivity index (χ1v) is 25.1. The topological polar surface area (TPSA) is 78.9 Å². The summed E-state index contributed by atoms with van der Waals surface area (Å²) < 4.78 is 16.7. The maximum atomic E-state index is 12.8. The van der Waals surface area contributed by atoms with Crippen molar-refractivity contribution in [1.29, 1.82) is 0 Å². The van der Waals surface area contributed by atoms with Crippen LogP contribution in [0.3, 0.4) is 0 Å². The van der Waals surface area contributed by atoms with Crippen molar-refractivity contribution < 1.29 is 28.6 Å². The van der Waals surface area contributed by atoms with Gasteiger partial charge in [-0.25, -0.2) is 0 Å². The molecule has 0 aliphatic rings. The molecule has 0 radical (unpaired) electrons. The first-order chi connectivity index (χ1) is 30.0. The highest BCUT2D eigenvalue weighted by molar-refractivity contribution is 5.71. The van der Waals surface area contributed by atoms with Crippen molar-refractivity contribution in [2.24, 2.45) is 0 Å². The molecule has 0 heterocycles. The van der Waals surface area contributed by atoms with Crippen LogP contribution in [0.4, 0.5) is 0 Å².